The van der Waals surface area contributed by atoms with Crippen LogP contribution in [0.4, 0.5) is 18.9 Å². The van der Waals surface area contributed by atoms with Crippen LogP contribution in [0.5, 0.6) is 11.5 Å². The Morgan fingerprint density at radius 3 is 2.30 bits per heavy atom. The first-order valence-corrected chi connectivity index (χ1v) is 10.2. The number of rotatable bonds is 5. The quantitative estimate of drug-likeness (QED) is 0.342. The summed E-state index contributed by atoms with van der Waals surface area (Å²) in [7, 11) is 0. The molecule has 0 amide bonds. The second kappa shape index (κ2) is 9.03. The summed E-state index contributed by atoms with van der Waals surface area (Å²) in [5.41, 5.74) is 0.155. The minimum absolute atomic E-state index is 0.175. The Morgan fingerprint density at radius 1 is 1.06 bits per heavy atom. The lowest BCUT2D eigenvalue weighted by atomic mass is 10.0. The van der Waals surface area contributed by atoms with Gasteiger partial charge in [0.2, 0.25) is 0 Å². The number of ether oxygens (including phenoxy) is 1. The molecule has 0 aliphatic carbocycles. The van der Waals surface area contributed by atoms with Crippen LogP contribution in [0.2, 0.25) is 5.02 Å². The van der Waals surface area contributed by atoms with Crippen molar-refractivity contribution in [1.29, 1.82) is 0 Å². The van der Waals surface area contributed by atoms with E-state index in [0.717, 1.165) is 18.3 Å². The third-order valence-corrected chi connectivity index (χ3v) is 5.29. The van der Waals surface area contributed by atoms with Gasteiger partial charge >= 0.3 is 6.18 Å². The van der Waals surface area contributed by atoms with Gasteiger partial charge in [-0.2, -0.15) is 13.2 Å². The van der Waals surface area contributed by atoms with E-state index in [0.29, 0.717) is 27.8 Å². The monoisotopic (exact) mass is 475 g/mol. The van der Waals surface area contributed by atoms with Crippen LogP contribution in [0.3, 0.4) is 0 Å². The Balaban J connectivity index is 1.65. The molecule has 0 aromatic heterocycles. The van der Waals surface area contributed by atoms with Crippen molar-refractivity contribution in [2.24, 2.45) is 0 Å². The normalized spacial score (nSPS) is 17.2. The van der Waals surface area contributed by atoms with Gasteiger partial charge in [-0.15, -0.1) is 0 Å². The molecule has 0 saturated carbocycles. The van der Waals surface area contributed by atoms with Crippen molar-refractivity contribution in [3.8, 4) is 11.5 Å². The van der Waals surface area contributed by atoms with E-state index in [4.69, 9.17) is 16.3 Å². The average molecular weight is 476 g/mol. The zero-order valence-corrected chi connectivity index (χ0v) is 17.7. The van der Waals surface area contributed by atoms with Crippen molar-refractivity contribution in [3.05, 3.63) is 111 Å². The number of nitrogens with one attached hydrogen (secondary N) is 1. The number of hydrogen-bond donors (Lipinski definition) is 1. The largest absolute Gasteiger partial charge is 0.457 e. The van der Waals surface area contributed by atoms with E-state index in [9.17, 15) is 23.3 Å². The molecule has 170 valence electrons. The fourth-order valence-corrected chi connectivity index (χ4v) is 3.70. The van der Waals surface area contributed by atoms with E-state index >= 15 is 0 Å². The predicted octanol–water partition coefficient (Wildman–Crippen LogP) is 6.38. The molecule has 1 heterocycles. The molecule has 10 heteroatoms. The van der Waals surface area contributed by atoms with Gasteiger partial charge < -0.3 is 15.0 Å². The van der Waals surface area contributed by atoms with Gasteiger partial charge in [0.15, 0.2) is 5.82 Å². The van der Waals surface area contributed by atoms with E-state index in [2.05, 4.69) is 5.32 Å². The first-order chi connectivity index (χ1) is 15.7. The first kappa shape index (κ1) is 22.5. The standard InChI is InChI=1S/C23H17ClF3N3O3/c24-17-4-8-19(9-5-17)33-20-10-6-18(7-11-20)30-21(13-28-22(30)14-29(31)32)15-2-1-3-16(12-15)23(25,26)27/h1-12,14,21,28H,13H2/b22-14+/t21-/m1/s1. The Labute approximate surface area is 192 Å². The molecule has 0 bridgehead atoms. The molecule has 0 unspecified atom stereocenters. The summed E-state index contributed by atoms with van der Waals surface area (Å²) in [5, 5.41) is 14.6. The Bertz CT molecular complexity index is 1180. The summed E-state index contributed by atoms with van der Waals surface area (Å²) in [5.74, 6) is 1.27. The zero-order valence-electron chi connectivity index (χ0n) is 16.9. The minimum Gasteiger partial charge on any atom is -0.457 e. The maximum Gasteiger partial charge on any atom is 0.416 e. The van der Waals surface area contributed by atoms with Crippen molar-refractivity contribution in [2.45, 2.75) is 12.2 Å². The van der Waals surface area contributed by atoms with Crippen LogP contribution >= 0.6 is 11.6 Å². The van der Waals surface area contributed by atoms with E-state index < -0.39 is 22.7 Å². The van der Waals surface area contributed by atoms with Crippen molar-refractivity contribution < 1.29 is 22.8 Å². The molecule has 1 aliphatic rings. The van der Waals surface area contributed by atoms with Gasteiger partial charge in [-0.25, -0.2) is 0 Å². The van der Waals surface area contributed by atoms with Gasteiger partial charge in [0, 0.05) is 17.3 Å². The van der Waals surface area contributed by atoms with Gasteiger partial charge in [-0.3, -0.25) is 10.1 Å². The Morgan fingerprint density at radius 2 is 1.70 bits per heavy atom. The SMILES string of the molecule is O=[N+]([O-])/C=C1\NC[C@H](c2cccc(C(F)(F)F)c2)N1c1ccc(Oc2ccc(Cl)cc2)cc1. The number of nitro groups is 1. The lowest BCUT2D eigenvalue weighted by Crippen LogP contribution is -2.24. The maximum absolute atomic E-state index is 13.2. The molecule has 1 aliphatic heterocycles. The Kier molecular flexibility index (Phi) is 6.15. The molecule has 3 aromatic carbocycles. The van der Waals surface area contributed by atoms with Gasteiger partial charge in [-0.1, -0.05) is 23.7 Å². The van der Waals surface area contributed by atoms with Gasteiger partial charge in [0.05, 0.1) is 16.5 Å². The third kappa shape index (κ3) is 5.20. The molecule has 1 fully saturated rings. The van der Waals surface area contributed by atoms with Crippen LogP contribution in [0.15, 0.2) is 84.8 Å². The highest BCUT2D eigenvalue weighted by Gasteiger charge is 2.35. The summed E-state index contributed by atoms with van der Waals surface area (Å²) in [6.07, 6.45) is -3.70. The number of anilines is 1. The molecule has 33 heavy (non-hydrogen) atoms. The van der Waals surface area contributed by atoms with Crippen LogP contribution in [0.25, 0.3) is 0 Å². The second-order valence-electron chi connectivity index (χ2n) is 7.24. The highest BCUT2D eigenvalue weighted by Crippen LogP contribution is 2.38. The summed E-state index contributed by atoms with van der Waals surface area (Å²) in [6, 6.07) is 17.9. The number of halogens is 4. The molecule has 1 atom stereocenters. The van der Waals surface area contributed by atoms with E-state index in [1.807, 2.05) is 0 Å². The van der Waals surface area contributed by atoms with Crippen LogP contribution < -0.4 is 15.0 Å². The van der Waals surface area contributed by atoms with Gasteiger partial charge in [0.1, 0.15) is 11.5 Å². The fourth-order valence-electron chi connectivity index (χ4n) is 3.58. The smallest absolute Gasteiger partial charge is 0.416 e. The molecular formula is C23H17ClF3N3O3. The molecule has 1 saturated heterocycles. The highest BCUT2D eigenvalue weighted by atomic mass is 35.5. The molecule has 3 aromatic rings. The topological polar surface area (TPSA) is 67.6 Å². The van der Waals surface area contributed by atoms with Crippen molar-refractivity contribution in [1.82, 2.24) is 5.32 Å². The lowest BCUT2D eigenvalue weighted by molar-refractivity contribution is -0.403. The first-order valence-electron chi connectivity index (χ1n) is 9.80. The van der Waals surface area contributed by atoms with Crippen molar-refractivity contribution in [3.63, 3.8) is 0 Å². The predicted molar refractivity (Wildman–Crippen MR) is 118 cm³/mol. The number of benzene rings is 3. The summed E-state index contributed by atoms with van der Waals surface area (Å²) < 4.78 is 45.4. The summed E-state index contributed by atoms with van der Waals surface area (Å²) in [4.78, 5) is 12.1. The second-order valence-corrected chi connectivity index (χ2v) is 7.68. The minimum atomic E-state index is -4.49. The zero-order chi connectivity index (χ0) is 23.6. The van der Waals surface area contributed by atoms with Crippen LogP contribution in [0.1, 0.15) is 17.2 Å². The molecular weight excluding hydrogens is 459 g/mol. The summed E-state index contributed by atoms with van der Waals surface area (Å²) in [6.45, 7) is 0.198. The molecule has 0 spiro atoms. The van der Waals surface area contributed by atoms with Gasteiger partial charge in [-0.05, 0) is 66.2 Å². The van der Waals surface area contributed by atoms with Crippen LogP contribution in [0, 0.1) is 10.1 Å². The average Bonchev–Trinajstić information content (AvgIpc) is 3.18. The molecule has 6 nitrogen and oxygen atoms in total. The number of nitrogens with zero attached hydrogens (tertiary/aromatic N) is 2. The van der Waals surface area contributed by atoms with Crippen molar-refractivity contribution in [2.75, 3.05) is 11.4 Å². The van der Waals surface area contributed by atoms with Crippen LogP contribution in [-0.4, -0.2) is 11.5 Å². The lowest BCUT2D eigenvalue weighted by Gasteiger charge is -2.26. The molecule has 4 rings (SSSR count). The van der Waals surface area contributed by atoms with Crippen LogP contribution in [-0.2, 0) is 6.18 Å². The number of hydrogen-bond acceptors (Lipinski definition) is 5. The fraction of sp³-hybridized carbons (Fsp3) is 0.130. The number of alkyl halides is 3. The molecule has 0 radical (unpaired) electrons. The summed E-state index contributed by atoms with van der Waals surface area (Å²) >= 11 is 5.87. The van der Waals surface area contributed by atoms with Gasteiger partial charge in [0.25, 0.3) is 6.20 Å². The maximum atomic E-state index is 13.2. The van der Waals surface area contributed by atoms with E-state index in [1.165, 1.54) is 6.07 Å². The van der Waals surface area contributed by atoms with E-state index in [1.54, 1.807) is 59.5 Å². The molecule has 1 N–H and O–H groups in total. The third-order valence-electron chi connectivity index (χ3n) is 5.04. The van der Waals surface area contributed by atoms with Crippen molar-refractivity contribution >= 4 is 17.3 Å². The highest BCUT2D eigenvalue weighted by molar-refractivity contribution is 6.30. The Hall–Kier alpha value is -3.72. The van der Waals surface area contributed by atoms with E-state index in [-0.39, 0.29) is 12.4 Å².